The molecule has 2 aromatic carbocycles. The zero-order chi connectivity index (χ0) is 23.2. The summed E-state index contributed by atoms with van der Waals surface area (Å²) in [6, 6.07) is 12.5. The molecule has 3 heterocycles. The molecule has 170 valence electrons. The Hall–Kier alpha value is -3.81. The molecule has 0 bridgehead atoms. The monoisotopic (exact) mass is 447 g/mol. The Morgan fingerprint density at radius 3 is 2.64 bits per heavy atom. The Kier molecular flexibility index (Phi) is 5.08. The minimum Gasteiger partial charge on any atom is -0.495 e. The van der Waals surface area contributed by atoms with Crippen LogP contribution in [0, 0.1) is 12.7 Å². The Labute approximate surface area is 192 Å². The summed E-state index contributed by atoms with van der Waals surface area (Å²) >= 11 is 0. The number of methoxy groups -OCH3 is 1. The predicted octanol–water partition coefficient (Wildman–Crippen LogP) is 4.57. The second-order valence-corrected chi connectivity index (χ2v) is 8.55. The third-order valence-electron chi connectivity index (χ3n) is 5.73. The molecule has 0 spiro atoms. The van der Waals surface area contributed by atoms with Crippen LogP contribution in [0.2, 0.25) is 0 Å². The van der Waals surface area contributed by atoms with Crippen LogP contribution in [0.1, 0.15) is 25.1 Å². The molecule has 1 fully saturated rings. The molecular formula is C25H26FN5O2. The highest BCUT2D eigenvalue weighted by Gasteiger charge is 2.43. The maximum atomic E-state index is 13.5. The van der Waals surface area contributed by atoms with E-state index in [0.717, 1.165) is 34.2 Å². The number of aromatic nitrogens is 2. The molecule has 0 radical (unpaired) electrons. The number of aliphatic imine (C=N–C) groups is 1. The second-order valence-electron chi connectivity index (χ2n) is 8.55. The Morgan fingerprint density at radius 1 is 1.15 bits per heavy atom. The van der Waals surface area contributed by atoms with Gasteiger partial charge in [-0.05, 0) is 68.8 Å². The Morgan fingerprint density at radius 2 is 1.94 bits per heavy atom. The topological polar surface area (TPSA) is 55.1 Å². The number of hydrogen-bond acceptors (Lipinski definition) is 6. The van der Waals surface area contributed by atoms with Crippen molar-refractivity contribution < 1.29 is 13.9 Å². The van der Waals surface area contributed by atoms with E-state index in [-0.39, 0.29) is 5.82 Å². The quantitative estimate of drug-likeness (QED) is 0.586. The van der Waals surface area contributed by atoms with Crippen LogP contribution in [0.15, 0.2) is 65.7 Å². The number of halogens is 1. The fourth-order valence-corrected chi connectivity index (χ4v) is 4.29. The van der Waals surface area contributed by atoms with Crippen molar-refractivity contribution in [1.82, 2.24) is 14.6 Å². The van der Waals surface area contributed by atoms with Crippen molar-refractivity contribution in [2.45, 2.75) is 26.4 Å². The third-order valence-corrected chi connectivity index (χ3v) is 5.73. The summed E-state index contributed by atoms with van der Waals surface area (Å²) in [5.74, 6) is 1.91. The molecule has 1 saturated heterocycles. The molecule has 5 rings (SSSR count). The van der Waals surface area contributed by atoms with Crippen molar-refractivity contribution >= 4 is 17.6 Å². The lowest BCUT2D eigenvalue weighted by molar-refractivity contribution is 0.164. The molecule has 33 heavy (non-hydrogen) atoms. The highest BCUT2D eigenvalue weighted by atomic mass is 19.1. The number of anilines is 1. The number of morpholine rings is 1. The zero-order valence-corrected chi connectivity index (χ0v) is 19.1. The SMILES string of the molecule is COc1cc(/C=C2\OCCN3C2=NC(C)(C)N3c2ccc(F)cc2)ccc1-n1cnc(C)c1. The van der Waals surface area contributed by atoms with Crippen LogP contribution in [-0.2, 0) is 4.74 Å². The average molecular weight is 448 g/mol. The first-order valence-corrected chi connectivity index (χ1v) is 10.8. The Balaban J connectivity index is 1.49. The van der Waals surface area contributed by atoms with Gasteiger partial charge in [0.1, 0.15) is 23.8 Å². The molecule has 0 atom stereocenters. The lowest BCUT2D eigenvalue weighted by Crippen LogP contribution is -2.52. The number of hydrazine groups is 1. The number of imidazole rings is 1. The van der Waals surface area contributed by atoms with Gasteiger partial charge in [0.2, 0.25) is 0 Å². The molecule has 0 saturated carbocycles. The summed E-state index contributed by atoms with van der Waals surface area (Å²) in [6.45, 7) is 7.18. The largest absolute Gasteiger partial charge is 0.495 e. The van der Waals surface area contributed by atoms with Gasteiger partial charge in [-0.1, -0.05) is 6.07 Å². The smallest absolute Gasteiger partial charge is 0.188 e. The van der Waals surface area contributed by atoms with Gasteiger partial charge in [-0.15, -0.1) is 0 Å². The maximum absolute atomic E-state index is 13.5. The van der Waals surface area contributed by atoms with Crippen molar-refractivity contribution in [2.75, 3.05) is 25.3 Å². The molecule has 1 aromatic heterocycles. The van der Waals surface area contributed by atoms with E-state index in [1.165, 1.54) is 12.1 Å². The maximum Gasteiger partial charge on any atom is 0.188 e. The summed E-state index contributed by atoms with van der Waals surface area (Å²) < 4.78 is 27.1. The van der Waals surface area contributed by atoms with Gasteiger partial charge >= 0.3 is 0 Å². The predicted molar refractivity (Wildman–Crippen MR) is 126 cm³/mol. The van der Waals surface area contributed by atoms with Gasteiger partial charge in [0.15, 0.2) is 11.6 Å². The van der Waals surface area contributed by atoms with Crippen LogP contribution < -0.4 is 9.75 Å². The van der Waals surface area contributed by atoms with Crippen molar-refractivity contribution in [2.24, 2.45) is 4.99 Å². The summed E-state index contributed by atoms with van der Waals surface area (Å²) in [7, 11) is 1.66. The van der Waals surface area contributed by atoms with Gasteiger partial charge in [0.25, 0.3) is 0 Å². The van der Waals surface area contributed by atoms with Crippen molar-refractivity contribution in [3.05, 3.63) is 77.8 Å². The molecule has 0 amide bonds. The van der Waals surface area contributed by atoms with Crippen molar-refractivity contribution in [1.29, 1.82) is 0 Å². The van der Waals surface area contributed by atoms with E-state index >= 15 is 0 Å². The van der Waals surface area contributed by atoms with Gasteiger partial charge < -0.3 is 14.0 Å². The number of amidine groups is 1. The average Bonchev–Trinajstić information content (AvgIpc) is 3.34. The minimum absolute atomic E-state index is 0.261. The van der Waals surface area contributed by atoms with E-state index in [2.05, 4.69) is 15.0 Å². The fourth-order valence-electron chi connectivity index (χ4n) is 4.29. The first-order chi connectivity index (χ1) is 15.9. The summed E-state index contributed by atoms with van der Waals surface area (Å²) in [5, 5.41) is 4.19. The van der Waals surface area contributed by atoms with Crippen molar-refractivity contribution in [3.63, 3.8) is 0 Å². The van der Waals surface area contributed by atoms with E-state index in [1.54, 1.807) is 25.6 Å². The van der Waals surface area contributed by atoms with Crippen LogP contribution in [0.3, 0.4) is 0 Å². The third kappa shape index (κ3) is 3.82. The molecule has 2 aliphatic rings. The van der Waals surface area contributed by atoms with Crippen LogP contribution in [-0.4, -0.2) is 46.3 Å². The number of benzene rings is 2. The number of rotatable bonds is 4. The van der Waals surface area contributed by atoms with Gasteiger partial charge in [-0.25, -0.2) is 14.4 Å². The standard InChI is InChI=1S/C25H26FN5O2/c1-17-15-29(16-27-17)21-10-5-18(13-22(21)32-4)14-23-24-28-25(2,3)31(30(24)11-12-33-23)20-8-6-19(26)7-9-20/h5-10,13-16H,11-12H2,1-4H3/b23-14-. The van der Waals surface area contributed by atoms with Gasteiger partial charge in [-0.3, -0.25) is 10.0 Å². The molecule has 0 aliphatic carbocycles. The fraction of sp³-hybridized carbons (Fsp3) is 0.280. The van der Waals surface area contributed by atoms with Crippen LogP contribution >= 0.6 is 0 Å². The molecule has 0 N–H and O–H groups in total. The first kappa shape index (κ1) is 21.1. The molecule has 2 aliphatic heterocycles. The second kappa shape index (κ2) is 7.95. The van der Waals surface area contributed by atoms with Crippen LogP contribution in [0.5, 0.6) is 5.75 Å². The number of ether oxygens (including phenoxy) is 2. The normalized spacial score (nSPS) is 18.2. The molecule has 7 nitrogen and oxygen atoms in total. The van der Waals surface area contributed by atoms with E-state index in [4.69, 9.17) is 14.5 Å². The molecular weight excluding hydrogens is 421 g/mol. The summed E-state index contributed by atoms with van der Waals surface area (Å²) in [4.78, 5) is 9.25. The van der Waals surface area contributed by atoms with E-state index in [0.29, 0.717) is 18.9 Å². The Bertz CT molecular complexity index is 1250. The molecule has 3 aromatic rings. The minimum atomic E-state index is -0.541. The number of aryl methyl sites for hydroxylation is 1. The van der Waals surface area contributed by atoms with E-state index in [1.807, 2.05) is 55.8 Å². The molecule has 0 unspecified atom stereocenters. The van der Waals surface area contributed by atoms with Gasteiger partial charge in [0, 0.05) is 6.20 Å². The lowest BCUT2D eigenvalue weighted by atomic mass is 10.1. The first-order valence-electron chi connectivity index (χ1n) is 10.8. The van der Waals surface area contributed by atoms with E-state index < -0.39 is 5.66 Å². The van der Waals surface area contributed by atoms with Crippen LogP contribution in [0.4, 0.5) is 10.1 Å². The summed E-state index contributed by atoms with van der Waals surface area (Å²) in [6.07, 6.45) is 5.70. The summed E-state index contributed by atoms with van der Waals surface area (Å²) in [5.41, 5.74) is 3.12. The number of fused-ring (bicyclic) bond motifs is 1. The highest BCUT2D eigenvalue weighted by molar-refractivity contribution is 6.03. The highest BCUT2D eigenvalue weighted by Crippen LogP contribution is 2.36. The number of hydrogen-bond donors (Lipinski definition) is 0. The number of nitrogens with zero attached hydrogens (tertiary/aromatic N) is 5. The lowest BCUT2D eigenvalue weighted by Gasteiger charge is -2.40. The molecule has 8 heteroatoms. The van der Waals surface area contributed by atoms with Crippen LogP contribution in [0.25, 0.3) is 11.8 Å². The van der Waals surface area contributed by atoms with Gasteiger partial charge in [-0.2, -0.15) is 0 Å². The van der Waals surface area contributed by atoms with Crippen molar-refractivity contribution in [3.8, 4) is 11.4 Å². The van der Waals surface area contributed by atoms with E-state index in [9.17, 15) is 4.39 Å². The zero-order valence-electron chi connectivity index (χ0n) is 19.1. The van der Waals surface area contributed by atoms with Gasteiger partial charge in [0.05, 0.1) is 37.1 Å².